The molecule has 154 valence electrons. The Kier molecular flexibility index (Phi) is 4.62. The fourth-order valence-corrected chi connectivity index (χ4v) is 4.22. The van der Waals surface area contributed by atoms with Crippen molar-refractivity contribution in [3.05, 3.63) is 107 Å². The average Bonchev–Trinajstić information content (AvgIpc) is 3.04. The molecule has 0 N–H and O–H groups in total. The molecule has 5 rings (SSSR count). The van der Waals surface area contributed by atoms with E-state index in [0.29, 0.717) is 18.7 Å². The van der Waals surface area contributed by atoms with Gasteiger partial charge in [-0.2, -0.15) is 0 Å². The van der Waals surface area contributed by atoms with Crippen LogP contribution in [0.3, 0.4) is 0 Å². The summed E-state index contributed by atoms with van der Waals surface area (Å²) in [6.07, 6.45) is 0.734. The molecule has 2 aliphatic heterocycles. The summed E-state index contributed by atoms with van der Waals surface area (Å²) in [6.45, 7) is 1.04. The molecule has 0 unspecified atom stereocenters. The van der Waals surface area contributed by atoms with Crippen LogP contribution in [0, 0.1) is 11.6 Å². The van der Waals surface area contributed by atoms with Crippen molar-refractivity contribution in [1.29, 1.82) is 0 Å². The highest BCUT2D eigenvalue weighted by Crippen LogP contribution is 2.36. The van der Waals surface area contributed by atoms with E-state index in [1.54, 1.807) is 0 Å². The first-order valence-electron chi connectivity index (χ1n) is 9.99. The second kappa shape index (κ2) is 7.47. The van der Waals surface area contributed by atoms with Crippen LogP contribution in [-0.4, -0.2) is 23.3 Å². The fourth-order valence-electron chi connectivity index (χ4n) is 4.22. The number of imide groups is 1. The highest BCUT2D eigenvalue weighted by molar-refractivity contribution is 6.45. The van der Waals surface area contributed by atoms with Crippen molar-refractivity contribution in [3.63, 3.8) is 0 Å². The third-order valence-electron chi connectivity index (χ3n) is 5.71. The Balaban J connectivity index is 1.63. The molecule has 2 aliphatic rings. The third kappa shape index (κ3) is 3.30. The number of rotatable bonds is 3. The molecule has 0 aliphatic carbocycles. The molecule has 0 spiro atoms. The van der Waals surface area contributed by atoms with Crippen LogP contribution in [0.25, 0.3) is 5.57 Å². The van der Waals surface area contributed by atoms with Crippen LogP contribution < -0.4 is 4.90 Å². The van der Waals surface area contributed by atoms with Gasteiger partial charge in [-0.15, -0.1) is 0 Å². The first-order valence-corrected chi connectivity index (χ1v) is 9.99. The Hall–Kier alpha value is -3.80. The summed E-state index contributed by atoms with van der Waals surface area (Å²) in [5, 5.41) is 0. The molecule has 0 radical (unpaired) electrons. The molecule has 4 nitrogen and oxygen atoms in total. The predicted octanol–water partition coefficient (Wildman–Crippen LogP) is 4.31. The third-order valence-corrected chi connectivity index (χ3v) is 5.71. The molecule has 0 saturated carbocycles. The van der Waals surface area contributed by atoms with Gasteiger partial charge in [-0.05, 0) is 53.4 Å². The van der Waals surface area contributed by atoms with Gasteiger partial charge in [0.15, 0.2) is 0 Å². The van der Waals surface area contributed by atoms with Crippen LogP contribution in [-0.2, 0) is 22.6 Å². The molecule has 0 fully saturated rings. The summed E-state index contributed by atoms with van der Waals surface area (Å²) >= 11 is 0. The minimum Gasteiger partial charge on any atom is -0.362 e. The Morgan fingerprint density at radius 3 is 2.23 bits per heavy atom. The van der Waals surface area contributed by atoms with Gasteiger partial charge >= 0.3 is 0 Å². The van der Waals surface area contributed by atoms with Gasteiger partial charge in [0.1, 0.15) is 17.3 Å². The maximum Gasteiger partial charge on any atom is 0.282 e. The predicted molar refractivity (Wildman–Crippen MR) is 113 cm³/mol. The smallest absolute Gasteiger partial charge is 0.282 e. The number of hydrogen-bond donors (Lipinski definition) is 0. The number of halogens is 2. The zero-order valence-electron chi connectivity index (χ0n) is 16.5. The highest BCUT2D eigenvalue weighted by Gasteiger charge is 2.43. The van der Waals surface area contributed by atoms with Crippen molar-refractivity contribution in [3.8, 4) is 0 Å². The average molecular weight is 416 g/mol. The summed E-state index contributed by atoms with van der Waals surface area (Å²) in [5.74, 6) is -2.02. The van der Waals surface area contributed by atoms with Crippen molar-refractivity contribution < 1.29 is 18.4 Å². The van der Waals surface area contributed by atoms with Crippen LogP contribution in [0.1, 0.15) is 16.7 Å². The van der Waals surface area contributed by atoms with Crippen LogP contribution >= 0.6 is 0 Å². The number of carbonyl (C=O) groups excluding carboxylic acids is 2. The topological polar surface area (TPSA) is 40.6 Å². The second-order valence-electron chi connectivity index (χ2n) is 7.60. The number of nitrogens with zero attached hydrogens (tertiary/aromatic N) is 2. The molecule has 0 bridgehead atoms. The number of fused-ring (bicyclic) bond motifs is 1. The van der Waals surface area contributed by atoms with E-state index >= 15 is 0 Å². The van der Waals surface area contributed by atoms with E-state index in [1.807, 2.05) is 23.1 Å². The lowest BCUT2D eigenvalue weighted by Crippen LogP contribution is -2.37. The summed E-state index contributed by atoms with van der Waals surface area (Å²) in [7, 11) is 0. The Bertz CT molecular complexity index is 1230. The summed E-state index contributed by atoms with van der Waals surface area (Å²) in [6, 6.07) is 18.9. The Morgan fingerprint density at radius 1 is 0.742 bits per heavy atom. The van der Waals surface area contributed by atoms with E-state index in [1.165, 1.54) is 48.0 Å². The van der Waals surface area contributed by atoms with Crippen molar-refractivity contribution in [2.75, 3.05) is 11.4 Å². The molecule has 2 amide bonds. The molecule has 3 aromatic rings. The minimum atomic E-state index is -0.545. The van der Waals surface area contributed by atoms with Crippen molar-refractivity contribution >= 4 is 23.1 Å². The molecule has 31 heavy (non-hydrogen) atoms. The van der Waals surface area contributed by atoms with Gasteiger partial charge in [0.2, 0.25) is 0 Å². The van der Waals surface area contributed by atoms with E-state index in [0.717, 1.165) is 23.0 Å². The number of carbonyl (C=O) groups is 2. The van der Waals surface area contributed by atoms with E-state index in [4.69, 9.17) is 0 Å². The molecule has 3 aromatic carbocycles. The zero-order valence-corrected chi connectivity index (χ0v) is 16.5. The van der Waals surface area contributed by atoms with Crippen molar-refractivity contribution in [2.24, 2.45) is 0 Å². The molecule has 2 heterocycles. The lowest BCUT2D eigenvalue weighted by Gasteiger charge is -2.31. The Labute approximate surface area is 178 Å². The highest BCUT2D eigenvalue weighted by atomic mass is 19.1. The van der Waals surface area contributed by atoms with E-state index in [-0.39, 0.29) is 17.0 Å². The van der Waals surface area contributed by atoms with Crippen molar-refractivity contribution in [1.82, 2.24) is 4.90 Å². The summed E-state index contributed by atoms with van der Waals surface area (Å²) < 4.78 is 27.4. The largest absolute Gasteiger partial charge is 0.362 e. The fraction of sp³-hybridized carbons (Fsp3) is 0.120. The summed E-state index contributed by atoms with van der Waals surface area (Å²) in [5.41, 5.74) is 3.38. The first kappa shape index (κ1) is 19.2. The van der Waals surface area contributed by atoms with Gasteiger partial charge in [-0.25, -0.2) is 13.7 Å². The molecule has 0 saturated heterocycles. The number of amides is 2. The van der Waals surface area contributed by atoms with E-state index < -0.39 is 23.4 Å². The van der Waals surface area contributed by atoms with Gasteiger partial charge in [0, 0.05) is 13.1 Å². The molecule has 0 atom stereocenters. The van der Waals surface area contributed by atoms with Gasteiger partial charge in [-0.1, -0.05) is 42.5 Å². The van der Waals surface area contributed by atoms with Crippen LogP contribution in [0.4, 0.5) is 14.5 Å². The van der Waals surface area contributed by atoms with E-state index in [2.05, 4.69) is 6.07 Å². The molecular weight excluding hydrogens is 398 g/mol. The number of anilines is 1. The quantitative estimate of drug-likeness (QED) is 0.598. The maximum atomic E-state index is 13.8. The van der Waals surface area contributed by atoms with Crippen molar-refractivity contribution in [2.45, 2.75) is 13.0 Å². The van der Waals surface area contributed by atoms with Gasteiger partial charge in [0.25, 0.3) is 11.8 Å². The minimum absolute atomic E-state index is 0.169. The van der Waals surface area contributed by atoms with Gasteiger partial charge in [-0.3, -0.25) is 9.59 Å². The van der Waals surface area contributed by atoms with Gasteiger partial charge < -0.3 is 4.90 Å². The second-order valence-corrected chi connectivity index (χ2v) is 7.60. The van der Waals surface area contributed by atoms with Crippen LogP contribution in [0.2, 0.25) is 0 Å². The molecule has 0 aromatic heterocycles. The van der Waals surface area contributed by atoms with Crippen LogP contribution in [0.15, 0.2) is 78.5 Å². The van der Waals surface area contributed by atoms with Gasteiger partial charge in [0.05, 0.1) is 11.3 Å². The molecule has 6 heteroatoms. The Morgan fingerprint density at radius 2 is 1.48 bits per heavy atom. The SMILES string of the molecule is O=C1C(c2ccc(F)cc2)=C(N2CCc3ccccc3C2)C(=O)N1c1cccc(F)c1. The zero-order chi connectivity index (χ0) is 21.5. The lowest BCUT2D eigenvalue weighted by molar-refractivity contribution is -0.120. The lowest BCUT2D eigenvalue weighted by atomic mass is 9.98. The summed E-state index contributed by atoms with van der Waals surface area (Å²) in [4.78, 5) is 29.8. The normalized spacial score (nSPS) is 16.2. The first-order chi connectivity index (χ1) is 15.0. The van der Waals surface area contributed by atoms with E-state index in [9.17, 15) is 18.4 Å². The standard InChI is InChI=1S/C25H18F2N2O2/c26-19-10-8-17(9-11-19)22-23(28-13-12-16-4-1-2-5-18(16)15-28)25(31)29(24(22)30)21-7-3-6-20(27)14-21/h1-11,14H,12-13,15H2. The maximum absolute atomic E-state index is 13.8. The number of hydrogen-bond acceptors (Lipinski definition) is 3. The monoisotopic (exact) mass is 416 g/mol. The molecular formula is C25H18F2N2O2. The van der Waals surface area contributed by atoms with Crippen LogP contribution in [0.5, 0.6) is 0 Å². The number of benzene rings is 3.